The van der Waals surface area contributed by atoms with Crippen molar-refractivity contribution in [2.24, 2.45) is 0 Å². The van der Waals surface area contributed by atoms with Gasteiger partial charge in [-0.2, -0.15) is 0 Å². The van der Waals surface area contributed by atoms with Crippen molar-refractivity contribution in [3.05, 3.63) is 218 Å². The highest BCUT2D eigenvalue weighted by molar-refractivity contribution is 6.09. The zero-order valence-electron chi connectivity index (χ0n) is 33.0. The molecule has 0 saturated heterocycles. The molecule has 0 unspecified atom stereocenters. The van der Waals surface area contributed by atoms with Crippen LogP contribution in [0.5, 0.6) is 0 Å². The molecule has 0 aliphatic carbocycles. The molecule has 4 heterocycles. The van der Waals surface area contributed by atoms with Gasteiger partial charge in [-0.25, -0.2) is 24.9 Å². The standard InChI is InChI=1S/C55H36N6/c1-5-17-38(18-6-1)46-35-50(59-54(57-46)40-21-9-3-10-22-40)48-33-42(37-29-31-43(32-30-37)61-52-27-15-13-25-44(52)45-26-14-16-28-53(45)61)34-49(56-48)51-36-47(39-19-7-2-8-20-39)58-55(60-51)41-23-11-4-12-24-41/h1-36H. The average Bonchev–Trinajstić information content (AvgIpc) is 3.69. The minimum absolute atomic E-state index is 0.626. The van der Waals surface area contributed by atoms with Crippen LogP contribution < -0.4 is 0 Å². The number of nitrogens with zero attached hydrogens (tertiary/aromatic N) is 6. The largest absolute Gasteiger partial charge is 0.309 e. The van der Waals surface area contributed by atoms with Crippen LogP contribution in [0.4, 0.5) is 0 Å². The molecule has 61 heavy (non-hydrogen) atoms. The van der Waals surface area contributed by atoms with Crippen LogP contribution in [0.25, 0.3) is 107 Å². The van der Waals surface area contributed by atoms with Crippen LogP contribution in [-0.4, -0.2) is 29.5 Å². The molecular weight excluding hydrogens is 745 g/mol. The zero-order valence-corrected chi connectivity index (χ0v) is 33.0. The Morgan fingerprint density at radius 3 is 1.05 bits per heavy atom. The Morgan fingerprint density at radius 1 is 0.246 bits per heavy atom. The molecule has 6 heteroatoms. The molecule has 0 spiro atoms. The first kappa shape index (κ1) is 35.8. The zero-order chi connectivity index (χ0) is 40.5. The van der Waals surface area contributed by atoms with E-state index in [4.69, 9.17) is 24.9 Å². The van der Waals surface area contributed by atoms with Gasteiger partial charge in [-0.15, -0.1) is 0 Å². The highest BCUT2D eigenvalue weighted by Crippen LogP contribution is 2.36. The van der Waals surface area contributed by atoms with E-state index in [1.165, 1.54) is 21.8 Å². The van der Waals surface area contributed by atoms with Gasteiger partial charge in [-0.3, -0.25) is 0 Å². The first-order valence-corrected chi connectivity index (χ1v) is 20.3. The topological polar surface area (TPSA) is 69.4 Å². The van der Waals surface area contributed by atoms with E-state index in [0.29, 0.717) is 34.4 Å². The summed E-state index contributed by atoms with van der Waals surface area (Å²) < 4.78 is 2.34. The van der Waals surface area contributed by atoms with Crippen LogP contribution in [0.1, 0.15) is 0 Å². The van der Waals surface area contributed by atoms with Crippen LogP contribution in [-0.2, 0) is 0 Å². The highest BCUT2D eigenvalue weighted by atomic mass is 15.0. The molecule has 0 aliphatic rings. The molecule has 7 aromatic carbocycles. The Labute approximate surface area is 353 Å². The fraction of sp³-hybridized carbons (Fsp3) is 0. The maximum absolute atomic E-state index is 5.38. The number of pyridine rings is 1. The number of benzene rings is 7. The van der Waals surface area contributed by atoms with Crippen LogP contribution in [0.2, 0.25) is 0 Å². The molecule has 0 N–H and O–H groups in total. The lowest BCUT2D eigenvalue weighted by atomic mass is 10.0. The number of rotatable bonds is 8. The number of aromatic nitrogens is 6. The molecule has 6 nitrogen and oxygen atoms in total. The number of hydrogen-bond acceptors (Lipinski definition) is 5. The fourth-order valence-electron chi connectivity index (χ4n) is 8.07. The third kappa shape index (κ3) is 6.92. The summed E-state index contributed by atoms with van der Waals surface area (Å²) in [5, 5.41) is 2.46. The van der Waals surface area contributed by atoms with E-state index in [1.807, 2.05) is 109 Å². The van der Waals surface area contributed by atoms with Crippen molar-refractivity contribution in [1.82, 2.24) is 29.5 Å². The lowest BCUT2D eigenvalue weighted by Crippen LogP contribution is -2.00. The SMILES string of the molecule is c1ccc(-c2cc(-c3cc(-c4ccc(-n5c6ccccc6c6ccccc65)cc4)cc(-c4cc(-c5ccccc5)nc(-c5ccccc5)n4)n3)nc(-c3ccccc3)n2)cc1. The van der Waals surface area contributed by atoms with Crippen molar-refractivity contribution in [2.45, 2.75) is 0 Å². The van der Waals surface area contributed by atoms with E-state index in [1.54, 1.807) is 0 Å². The molecular formula is C55H36N6. The molecule has 11 aromatic rings. The monoisotopic (exact) mass is 780 g/mol. The van der Waals surface area contributed by atoms with Crippen LogP contribution in [0.15, 0.2) is 218 Å². The van der Waals surface area contributed by atoms with Gasteiger partial charge in [0.1, 0.15) is 0 Å². The van der Waals surface area contributed by atoms with Crippen LogP contribution in [0, 0.1) is 0 Å². The van der Waals surface area contributed by atoms with E-state index in [0.717, 1.165) is 50.5 Å². The Kier molecular flexibility index (Phi) is 9.06. The second-order valence-corrected chi connectivity index (χ2v) is 14.9. The molecule has 0 radical (unpaired) electrons. The first-order valence-electron chi connectivity index (χ1n) is 20.3. The van der Waals surface area contributed by atoms with E-state index < -0.39 is 0 Å². The van der Waals surface area contributed by atoms with E-state index >= 15 is 0 Å². The van der Waals surface area contributed by atoms with Crippen molar-refractivity contribution in [1.29, 1.82) is 0 Å². The molecule has 4 aromatic heterocycles. The van der Waals surface area contributed by atoms with Gasteiger partial charge in [0.15, 0.2) is 11.6 Å². The van der Waals surface area contributed by atoms with Gasteiger partial charge in [-0.1, -0.05) is 170 Å². The average molecular weight is 781 g/mol. The van der Waals surface area contributed by atoms with Gasteiger partial charge >= 0.3 is 0 Å². The summed E-state index contributed by atoms with van der Waals surface area (Å²) >= 11 is 0. The maximum Gasteiger partial charge on any atom is 0.160 e. The van der Waals surface area contributed by atoms with Crippen molar-refractivity contribution in [2.75, 3.05) is 0 Å². The fourth-order valence-corrected chi connectivity index (χ4v) is 8.07. The predicted molar refractivity (Wildman–Crippen MR) is 248 cm³/mol. The van der Waals surface area contributed by atoms with Crippen molar-refractivity contribution >= 4 is 21.8 Å². The lowest BCUT2D eigenvalue weighted by Gasteiger charge is -2.14. The molecule has 0 amide bonds. The smallest absolute Gasteiger partial charge is 0.160 e. The maximum atomic E-state index is 5.38. The van der Waals surface area contributed by atoms with Crippen molar-refractivity contribution in [3.8, 4) is 84.9 Å². The van der Waals surface area contributed by atoms with Gasteiger partial charge in [0.2, 0.25) is 0 Å². The van der Waals surface area contributed by atoms with Gasteiger partial charge in [-0.05, 0) is 59.7 Å². The third-order valence-electron chi connectivity index (χ3n) is 11.0. The summed E-state index contributed by atoms with van der Waals surface area (Å²) in [5.74, 6) is 1.25. The quantitative estimate of drug-likeness (QED) is 0.154. The minimum atomic E-state index is 0.626. The summed E-state index contributed by atoms with van der Waals surface area (Å²) in [5.41, 5.74) is 13.7. The summed E-state index contributed by atoms with van der Waals surface area (Å²) in [7, 11) is 0. The Balaban J connectivity index is 1.12. The summed E-state index contributed by atoms with van der Waals surface area (Å²) in [6, 6.07) is 75.0. The summed E-state index contributed by atoms with van der Waals surface area (Å²) in [6.07, 6.45) is 0. The molecule has 0 fully saturated rings. The lowest BCUT2D eigenvalue weighted by molar-refractivity contribution is 1.14. The van der Waals surface area contributed by atoms with Crippen LogP contribution >= 0.6 is 0 Å². The van der Waals surface area contributed by atoms with Gasteiger partial charge in [0, 0.05) is 38.7 Å². The number of fused-ring (bicyclic) bond motifs is 3. The third-order valence-corrected chi connectivity index (χ3v) is 11.0. The first-order chi connectivity index (χ1) is 30.2. The normalized spacial score (nSPS) is 11.3. The van der Waals surface area contributed by atoms with Crippen LogP contribution in [0.3, 0.4) is 0 Å². The minimum Gasteiger partial charge on any atom is -0.309 e. The molecule has 0 saturated carbocycles. The number of hydrogen-bond donors (Lipinski definition) is 0. The molecule has 0 bridgehead atoms. The van der Waals surface area contributed by atoms with E-state index in [2.05, 4.69) is 114 Å². The Hall–Kier alpha value is -8.35. The van der Waals surface area contributed by atoms with Crippen molar-refractivity contribution in [3.63, 3.8) is 0 Å². The second-order valence-electron chi connectivity index (χ2n) is 14.9. The van der Waals surface area contributed by atoms with Gasteiger partial charge < -0.3 is 4.57 Å². The molecule has 0 atom stereocenters. The van der Waals surface area contributed by atoms with E-state index in [9.17, 15) is 0 Å². The van der Waals surface area contributed by atoms with Gasteiger partial charge in [0.05, 0.1) is 45.2 Å². The van der Waals surface area contributed by atoms with Crippen molar-refractivity contribution < 1.29 is 0 Å². The molecule has 286 valence electrons. The second kappa shape index (κ2) is 15.4. The summed E-state index contributed by atoms with van der Waals surface area (Å²) in [4.78, 5) is 25.9. The number of para-hydroxylation sites is 2. The predicted octanol–water partition coefficient (Wildman–Crippen LogP) is 13.4. The summed E-state index contributed by atoms with van der Waals surface area (Å²) in [6.45, 7) is 0. The highest BCUT2D eigenvalue weighted by Gasteiger charge is 2.18. The van der Waals surface area contributed by atoms with E-state index in [-0.39, 0.29) is 0 Å². The molecule has 11 rings (SSSR count). The van der Waals surface area contributed by atoms with Gasteiger partial charge in [0.25, 0.3) is 0 Å². The Bertz CT molecular complexity index is 3020. The Morgan fingerprint density at radius 2 is 0.607 bits per heavy atom. The molecule has 0 aliphatic heterocycles.